The van der Waals surface area contributed by atoms with Crippen molar-refractivity contribution >= 4 is 30.3 Å². The van der Waals surface area contributed by atoms with Gasteiger partial charge in [-0.25, -0.2) is 0 Å². The van der Waals surface area contributed by atoms with Crippen molar-refractivity contribution in [2.24, 2.45) is 0 Å². The molecular formula is C14H29NOS2. The summed E-state index contributed by atoms with van der Waals surface area (Å²) in [5.74, 6) is 2.92. The van der Waals surface area contributed by atoms with Crippen molar-refractivity contribution in [2.75, 3.05) is 17.3 Å². The first kappa shape index (κ1) is 18.2. The molecule has 108 valence electrons. The molecule has 18 heavy (non-hydrogen) atoms. The van der Waals surface area contributed by atoms with Crippen LogP contribution in [0.4, 0.5) is 0 Å². The van der Waals surface area contributed by atoms with Crippen LogP contribution >= 0.6 is 24.4 Å². The van der Waals surface area contributed by atoms with Gasteiger partial charge in [0.15, 0.2) is 0 Å². The minimum atomic E-state index is 0.168. The standard InChI is InChI=1S/C14H29NOS2/c1-13(2)15-14(16)12-18-11-9-7-5-3-4-6-8-10-17/h13,17H,3-12H2,1-2H3,(H,15,16). The highest BCUT2D eigenvalue weighted by Gasteiger charge is 2.02. The number of carbonyl (C=O) groups is 1. The summed E-state index contributed by atoms with van der Waals surface area (Å²) in [6.07, 6.45) is 9.17. The molecule has 0 atom stereocenters. The Labute approximate surface area is 122 Å². The summed E-state index contributed by atoms with van der Waals surface area (Å²) in [5, 5.41) is 2.91. The van der Waals surface area contributed by atoms with Crippen LogP contribution in [-0.2, 0) is 4.79 Å². The molecule has 0 radical (unpaired) electrons. The first-order valence-electron chi connectivity index (χ1n) is 7.14. The zero-order valence-corrected chi connectivity index (χ0v) is 13.6. The average Bonchev–Trinajstić information content (AvgIpc) is 2.30. The van der Waals surface area contributed by atoms with Crippen molar-refractivity contribution in [3.05, 3.63) is 0 Å². The lowest BCUT2D eigenvalue weighted by molar-refractivity contribution is -0.119. The smallest absolute Gasteiger partial charge is 0.230 e. The maximum absolute atomic E-state index is 11.4. The van der Waals surface area contributed by atoms with Crippen LogP contribution in [0.25, 0.3) is 0 Å². The summed E-state index contributed by atoms with van der Waals surface area (Å²) in [4.78, 5) is 11.4. The number of nitrogens with one attached hydrogen (secondary N) is 1. The van der Waals surface area contributed by atoms with Gasteiger partial charge in [0.2, 0.25) is 5.91 Å². The van der Waals surface area contributed by atoms with Gasteiger partial charge in [0.1, 0.15) is 0 Å². The second kappa shape index (κ2) is 13.6. The number of hydrogen-bond donors (Lipinski definition) is 2. The minimum absolute atomic E-state index is 0.168. The molecule has 4 heteroatoms. The molecule has 0 aliphatic rings. The third-order valence-corrected chi connectivity index (χ3v) is 3.99. The van der Waals surface area contributed by atoms with E-state index in [0.29, 0.717) is 5.75 Å². The van der Waals surface area contributed by atoms with Crippen LogP contribution < -0.4 is 5.32 Å². The number of thioether (sulfide) groups is 1. The van der Waals surface area contributed by atoms with Crippen molar-refractivity contribution in [3.8, 4) is 0 Å². The second-order valence-electron chi connectivity index (χ2n) is 4.97. The Morgan fingerprint density at radius 2 is 1.61 bits per heavy atom. The van der Waals surface area contributed by atoms with Crippen LogP contribution in [-0.4, -0.2) is 29.2 Å². The van der Waals surface area contributed by atoms with Gasteiger partial charge in [0.25, 0.3) is 0 Å². The van der Waals surface area contributed by atoms with E-state index in [1.807, 2.05) is 13.8 Å². The van der Waals surface area contributed by atoms with Crippen molar-refractivity contribution in [2.45, 2.75) is 64.8 Å². The van der Waals surface area contributed by atoms with Crippen LogP contribution in [0, 0.1) is 0 Å². The number of carbonyl (C=O) groups excluding carboxylic acids is 1. The Balaban J connectivity index is 3.09. The summed E-state index contributed by atoms with van der Waals surface area (Å²) >= 11 is 5.96. The molecule has 0 aromatic heterocycles. The molecule has 0 unspecified atom stereocenters. The number of thiol groups is 1. The first-order chi connectivity index (χ1) is 8.66. The van der Waals surface area contributed by atoms with E-state index in [1.54, 1.807) is 11.8 Å². The normalized spacial score (nSPS) is 10.9. The van der Waals surface area contributed by atoms with Gasteiger partial charge in [-0.2, -0.15) is 24.4 Å². The second-order valence-corrected chi connectivity index (χ2v) is 6.53. The number of rotatable bonds is 12. The van der Waals surface area contributed by atoms with E-state index in [9.17, 15) is 4.79 Å². The summed E-state index contributed by atoms with van der Waals surface area (Å²) < 4.78 is 0. The monoisotopic (exact) mass is 291 g/mol. The van der Waals surface area contributed by atoms with Crippen molar-refractivity contribution < 1.29 is 4.79 Å². The van der Waals surface area contributed by atoms with Crippen LogP contribution in [0.2, 0.25) is 0 Å². The van der Waals surface area contributed by atoms with E-state index in [-0.39, 0.29) is 11.9 Å². The molecule has 0 heterocycles. The minimum Gasteiger partial charge on any atom is -0.353 e. The van der Waals surface area contributed by atoms with Crippen LogP contribution in [0.5, 0.6) is 0 Å². The van der Waals surface area contributed by atoms with Crippen LogP contribution in [0.3, 0.4) is 0 Å². The summed E-state index contributed by atoms with van der Waals surface area (Å²) in [7, 11) is 0. The van der Waals surface area contributed by atoms with E-state index < -0.39 is 0 Å². The molecule has 0 bridgehead atoms. The van der Waals surface area contributed by atoms with E-state index in [4.69, 9.17) is 0 Å². The Kier molecular flexibility index (Phi) is 13.7. The molecule has 0 saturated carbocycles. The fraction of sp³-hybridized carbons (Fsp3) is 0.929. The fourth-order valence-electron chi connectivity index (χ4n) is 1.73. The molecule has 0 aromatic rings. The van der Waals surface area contributed by atoms with E-state index in [1.165, 1.54) is 44.9 Å². The van der Waals surface area contributed by atoms with Crippen LogP contribution in [0.15, 0.2) is 0 Å². The van der Waals surface area contributed by atoms with E-state index >= 15 is 0 Å². The molecule has 1 N–H and O–H groups in total. The Morgan fingerprint density at radius 1 is 1.06 bits per heavy atom. The topological polar surface area (TPSA) is 29.1 Å². The summed E-state index contributed by atoms with van der Waals surface area (Å²) in [5.41, 5.74) is 0. The Morgan fingerprint density at radius 3 is 2.17 bits per heavy atom. The lowest BCUT2D eigenvalue weighted by Gasteiger charge is -2.07. The van der Waals surface area contributed by atoms with Gasteiger partial charge in [-0.05, 0) is 38.2 Å². The van der Waals surface area contributed by atoms with Gasteiger partial charge in [-0.15, -0.1) is 0 Å². The first-order valence-corrected chi connectivity index (χ1v) is 8.93. The SMILES string of the molecule is CC(C)NC(=O)CSCCCCCCCCCS. The molecule has 0 saturated heterocycles. The molecule has 0 aliphatic carbocycles. The van der Waals surface area contributed by atoms with Gasteiger partial charge in [0, 0.05) is 6.04 Å². The number of unbranched alkanes of at least 4 members (excludes halogenated alkanes) is 6. The number of hydrogen-bond acceptors (Lipinski definition) is 3. The molecule has 0 spiro atoms. The summed E-state index contributed by atoms with van der Waals surface area (Å²) in [6, 6.07) is 0.260. The lowest BCUT2D eigenvalue weighted by atomic mass is 10.1. The molecule has 1 amide bonds. The average molecular weight is 292 g/mol. The Hall–Kier alpha value is 0.170. The number of amides is 1. The quantitative estimate of drug-likeness (QED) is 0.422. The zero-order chi connectivity index (χ0) is 13.6. The molecule has 0 fully saturated rings. The van der Waals surface area contributed by atoms with Gasteiger partial charge in [-0.3, -0.25) is 4.79 Å². The lowest BCUT2D eigenvalue weighted by Crippen LogP contribution is -2.31. The van der Waals surface area contributed by atoms with Gasteiger partial charge >= 0.3 is 0 Å². The zero-order valence-electron chi connectivity index (χ0n) is 11.9. The highest BCUT2D eigenvalue weighted by atomic mass is 32.2. The van der Waals surface area contributed by atoms with Gasteiger partial charge in [-0.1, -0.05) is 32.1 Å². The molecule has 2 nitrogen and oxygen atoms in total. The van der Waals surface area contributed by atoms with Gasteiger partial charge in [0.05, 0.1) is 5.75 Å². The predicted octanol–water partition coefficient (Wildman–Crippen LogP) is 3.90. The Bertz CT molecular complexity index is 198. The molecule has 0 rings (SSSR count). The van der Waals surface area contributed by atoms with E-state index in [2.05, 4.69) is 17.9 Å². The maximum atomic E-state index is 11.4. The molecular weight excluding hydrogens is 262 g/mol. The molecule has 0 aliphatic heterocycles. The highest BCUT2D eigenvalue weighted by Crippen LogP contribution is 2.10. The summed E-state index contributed by atoms with van der Waals surface area (Å²) in [6.45, 7) is 3.99. The third-order valence-electron chi connectivity index (χ3n) is 2.63. The fourth-order valence-corrected chi connectivity index (χ4v) is 2.77. The maximum Gasteiger partial charge on any atom is 0.230 e. The molecule has 0 aromatic carbocycles. The van der Waals surface area contributed by atoms with Crippen molar-refractivity contribution in [3.63, 3.8) is 0 Å². The van der Waals surface area contributed by atoms with Crippen LogP contribution in [0.1, 0.15) is 58.8 Å². The van der Waals surface area contributed by atoms with Crippen molar-refractivity contribution in [1.82, 2.24) is 5.32 Å². The third kappa shape index (κ3) is 14.2. The van der Waals surface area contributed by atoms with Crippen molar-refractivity contribution in [1.29, 1.82) is 0 Å². The highest BCUT2D eigenvalue weighted by molar-refractivity contribution is 7.99. The predicted molar refractivity (Wildman–Crippen MR) is 86.8 cm³/mol. The van der Waals surface area contributed by atoms with Gasteiger partial charge < -0.3 is 5.32 Å². The van der Waals surface area contributed by atoms with E-state index in [0.717, 1.165) is 11.5 Å². The largest absolute Gasteiger partial charge is 0.353 e.